The largest absolute Gasteiger partial charge is 0.395 e. The molecule has 0 aliphatic carbocycles. The Labute approximate surface area is 200 Å². The van der Waals surface area contributed by atoms with Gasteiger partial charge in [0.1, 0.15) is 0 Å². The fourth-order valence-corrected chi connectivity index (χ4v) is 35.7. The van der Waals surface area contributed by atoms with Gasteiger partial charge >= 0.3 is 34.2 Å². The van der Waals surface area contributed by atoms with Crippen LogP contribution in [0, 0.1) is 0 Å². The van der Waals surface area contributed by atoms with E-state index in [0.29, 0.717) is 75.5 Å². The van der Waals surface area contributed by atoms with Crippen molar-refractivity contribution in [3.8, 4) is 0 Å². The van der Waals surface area contributed by atoms with Gasteiger partial charge in [0, 0.05) is 75.5 Å². The molecular formula is C20H48O8Si4. The number of rotatable bonds is 16. The lowest BCUT2D eigenvalue weighted by Gasteiger charge is -2.48. The van der Waals surface area contributed by atoms with Gasteiger partial charge in [-0.05, 0) is 55.4 Å². The zero-order chi connectivity index (χ0) is 24.1. The Morgan fingerprint density at radius 1 is 0.312 bits per heavy atom. The molecule has 0 saturated carbocycles. The average Bonchev–Trinajstić information content (AvgIpc) is 2.68. The van der Waals surface area contributed by atoms with Crippen molar-refractivity contribution in [2.75, 3.05) is 52.9 Å². The van der Waals surface area contributed by atoms with Crippen LogP contribution in [0.1, 0.15) is 55.4 Å². The smallest absolute Gasteiger partial charge is 0.341 e. The summed E-state index contributed by atoms with van der Waals surface area (Å²) >= 11 is 0. The van der Waals surface area contributed by atoms with Crippen LogP contribution in [0.4, 0.5) is 0 Å². The van der Waals surface area contributed by atoms with Crippen molar-refractivity contribution in [2.24, 2.45) is 0 Å². The fourth-order valence-electron chi connectivity index (χ4n) is 4.98. The Kier molecular flexibility index (Phi) is 14.2. The van der Waals surface area contributed by atoms with Crippen molar-refractivity contribution in [2.45, 2.75) is 78.1 Å². The highest BCUT2D eigenvalue weighted by molar-refractivity contribution is 7.04. The van der Waals surface area contributed by atoms with E-state index in [9.17, 15) is 0 Å². The van der Waals surface area contributed by atoms with E-state index < -0.39 is 34.2 Å². The molecule has 1 fully saturated rings. The van der Waals surface area contributed by atoms with E-state index in [1.54, 1.807) is 0 Å². The maximum absolute atomic E-state index is 6.53. The summed E-state index contributed by atoms with van der Waals surface area (Å²) in [5.41, 5.74) is 2.70. The second kappa shape index (κ2) is 14.8. The molecule has 0 spiro atoms. The van der Waals surface area contributed by atoms with Crippen LogP contribution < -0.4 is 0 Å². The lowest BCUT2D eigenvalue weighted by molar-refractivity contribution is 0.139. The molecule has 8 nitrogen and oxygen atoms in total. The third-order valence-electron chi connectivity index (χ3n) is 5.41. The minimum atomic E-state index is -2.76. The van der Waals surface area contributed by atoms with Crippen molar-refractivity contribution in [1.82, 2.24) is 0 Å². The summed E-state index contributed by atoms with van der Waals surface area (Å²) in [6, 6.07) is 0. The van der Waals surface area contributed by atoms with Gasteiger partial charge in [-0.15, -0.1) is 0 Å². The summed E-state index contributed by atoms with van der Waals surface area (Å²) in [6.45, 7) is 20.9. The van der Waals surface area contributed by atoms with Crippen molar-refractivity contribution in [3.63, 3.8) is 0 Å². The van der Waals surface area contributed by atoms with Gasteiger partial charge in [0.25, 0.3) is 0 Å². The Morgan fingerprint density at radius 3 is 0.531 bits per heavy atom. The lowest BCUT2D eigenvalue weighted by Crippen LogP contribution is -2.69. The first-order valence-electron chi connectivity index (χ1n) is 12.4. The molecule has 0 aromatic carbocycles. The minimum absolute atomic E-state index is 0.581. The topological polar surface area (TPSA) is 73.8 Å². The second-order valence-corrected chi connectivity index (χ2v) is 23.1. The van der Waals surface area contributed by atoms with Crippen LogP contribution in [-0.2, 0) is 35.4 Å². The first kappa shape index (κ1) is 30.6. The van der Waals surface area contributed by atoms with Crippen molar-refractivity contribution < 1.29 is 35.4 Å². The molecule has 0 bridgehead atoms. The lowest BCUT2D eigenvalue weighted by atomic mass is 10.9. The highest BCUT2D eigenvalue weighted by Gasteiger charge is 2.66. The van der Waals surface area contributed by atoms with Crippen molar-refractivity contribution >= 4 is 34.2 Å². The first-order chi connectivity index (χ1) is 15.3. The van der Waals surface area contributed by atoms with Gasteiger partial charge in [0.15, 0.2) is 0 Å². The highest BCUT2D eigenvalue weighted by atomic mass is 28.5. The molecule has 1 heterocycles. The predicted molar refractivity (Wildman–Crippen MR) is 135 cm³/mol. The van der Waals surface area contributed by atoms with Crippen LogP contribution in [0.5, 0.6) is 0 Å². The van der Waals surface area contributed by atoms with E-state index in [4.69, 9.17) is 35.4 Å². The third-order valence-corrected chi connectivity index (χ3v) is 29.2. The summed E-state index contributed by atoms with van der Waals surface area (Å²) in [7, 11) is -11.0. The number of hydrogen-bond donors (Lipinski definition) is 0. The maximum Gasteiger partial charge on any atom is 0.341 e. The van der Waals surface area contributed by atoms with Gasteiger partial charge in [-0.2, -0.15) is 0 Å². The van der Waals surface area contributed by atoms with E-state index in [-0.39, 0.29) is 0 Å². The standard InChI is InChI=1S/C20H48O8Si4/c1-9-21-29(22-10-2)17-30(23-11-3,24-12-4)19-32(27-15-7,28-16-8)20-31(18-29,25-13-5)26-14-6/h9-20H2,1-8H3. The Balaban J connectivity index is 3.73. The molecule has 1 aliphatic rings. The molecule has 192 valence electrons. The molecule has 32 heavy (non-hydrogen) atoms. The average molecular weight is 529 g/mol. The summed E-state index contributed by atoms with van der Waals surface area (Å²) in [5.74, 6) is 0. The van der Waals surface area contributed by atoms with Crippen LogP contribution in [0.15, 0.2) is 0 Å². The molecule has 12 heteroatoms. The zero-order valence-electron chi connectivity index (χ0n) is 21.8. The molecule has 0 amide bonds. The normalized spacial score (nSPS) is 21.8. The molecule has 1 saturated heterocycles. The molecule has 0 unspecified atom stereocenters. The third kappa shape index (κ3) is 8.34. The predicted octanol–water partition coefficient (Wildman–Crippen LogP) is 4.22. The summed E-state index contributed by atoms with van der Waals surface area (Å²) in [4.78, 5) is 0. The van der Waals surface area contributed by atoms with E-state index in [2.05, 4.69) is 0 Å². The maximum atomic E-state index is 6.53. The molecule has 0 atom stereocenters. The minimum Gasteiger partial charge on any atom is -0.395 e. The van der Waals surface area contributed by atoms with Crippen molar-refractivity contribution in [1.29, 1.82) is 0 Å². The quantitative estimate of drug-likeness (QED) is 0.276. The second-order valence-electron chi connectivity index (χ2n) is 7.81. The van der Waals surface area contributed by atoms with Crippen molar-refractivity contribution in [3.05, 3.63) is 0 Å². The van der Waals surface area contributed by atoms with Gasteiger partial charge in [0.05, 0.1) is 0 Å². The first-order valence-corrected chi connectivity index (χ1v) is 21.4. The van der Waals surface area contributed by atoms with E-state index in [0.717, 1.165) is 0 Å². The Hall–Kier alpha value is 0.548. The van der Waals surface area contributed by atoms with Crippen LogP contribution in [0.2, 0.25) is 22.7 Å². The zero-order valence-corrected chi connectivity index (χ0v) is 25.8. The van der Waals surface area contributed by atoms with Crippen LogP contribution >= 0.6 is 0 Å². The van der Waals surface area contributed by atoms with Crippen LogP contribution in [0.25, 0.3) is 0 Å². The molecule has 1 aliphatic heterocycles. The molecule has 1 rings (SSSR count). The monoisotopic (exact) mass is 528 g/mol. The number of hydrogen-bond acceptors (Lipinski definition) is 8. The molecule has 0 aromatic heterocycles. The molecule has 0 radical (unpaired) electrons. The van der Waals surface area contributed by atoms with Crippen LogP contribution in [0.3, 0.4) is 0 Å². The highest BCUT2D eigenvalue weighted by Crippen LogP contribution is 2.44. The SMILES string of the molecule is CCO[Si]1(OCC)C[Si](OCC)(OCC)C[Si](OCC)(OCC)C[Si](OCC)(OCC)C1. The summed E-state index contributed by atoms with van der Waals surface area (Å²) in [6.07, 6.45) is 0. The van der Waals surface area contributed by atoms with Crippen LogP contribution in [-0.4, -0.2) is 87.1 Å². The Bertz CT molecular complexity index is 386. The van der Waals surface area contributed by atoms with E-state index in [1.807, 2.05) is 55.4 Å². The van der Waals surface area contributed by atoms with Gasteiger partial charge in [-0.1, -0.05) is 0 Å². The summed E-state index contributed by atoms with van der Waals surface area (Å²) in [5, 5.41) is 0. The van der Waals surface area contributed by atoms with Gasteiger partial charge in [0.2, 0.25) is 0 Å². The van der Waals surface area contributed by atoms with Gasteiger partial charge in [-0.3, -0.25) is 0 Å². The molecule has 0 N–H and O–H groups in total. The molecule has 0 aromatic rings. The van der Waals surface area contributed by atoms with Gasteiger partial charge in [-0.25, -0.2) is 0 Å². The summed E-state index contributed by atoms with van der Waals surface area (Å²) < 4.78 is 52.2. The van der Waals surface area contributed by atoms with E-state index >= 15 is 0 Å². The Morgan fingerprint density at radius 2 is 0.438 bits per heavy atom. The fraction of sp³-hybridized carbons (Fsp3) is 1.00. The van der Waals surface area contributed by atoms with E-state index in [1.165, 1.54) is 0 Å². The molecular weight excluding hydrogens is 481 g/mol. The van der Waals surface area contributed by atoms with Gasteiger partial charge < -0.3 is 35.4 Å².